The van der Waals surface area contributed by atoms with Gasteiger partial charge in [-0.15, -0.1) is 0 Å². The summed E-state index contributed by atoms with van der Waals surface area (Å²) in [6.45, 7) is 11.9. The lowest BCUT2D eigenvalue weighted by atomic mass is 9.64. The van der Waals surface area contributed by atoms with Gasteiger partial charge in [-0.05, 0) is 40.0 Å². The molecule has 2 fully saturated rings. The number of carbonyl (C=O) groups excluding carboxylic acids is 1. The number of hydrogen-bond donors (Lipinski definition) is 1. The summed E-state index contributed by atoms with van der Waals surface area (Å²) >= 11 is 0. The molecule has 2 aliphatic rings. The van der Waals surface area contributed by atoms with E-state index in [1.807, 2.05) is 25.7 Å². The lowest BCUT2D eigenvalue weighted by Gasteiger charge is -2.51. The van der Waals surface area contributed by atoms with E-state index in [4.69, 9.17) is 9.47 Å². The van der Waals surface area contributed by atoms with Crippen molar-refractivity contribution >= 4 is 6.09 Å². The lowest BCUT2D eigenvalue weighted by molar-refractivity contribution is -0.0982. The van der Waals surface area contributed by atoms with E-state index in [-0.39, 0.29) is 17.6 Å². The summed E-state index contributed by atoms with van der Waals surface area (Å²) in [5.74, 6) is 0. The number of rotatable bonds is 4. The minimum atomic E-state index is -0.431. The van der Waals surface area contributed by atoms with Crippen LogP contribution in [0.3, 0.4) is 0 Å². The summed E-state index contributed by atoms with van der Waals surface area (Å²) in [5, 5.41) is 3.63. The Hall–Kier alpha value is -0.810. The number of methoxy groups -OCH3 is 1. The van der Waals surface area contributed by atoms with Crippen molar-refractivity contribution in [3.63, 3.8) is 0 Å². The van der Waals surface area contributed by atoms with Crippen LogP contribution >= 0.6 is 0 Å². The van der Waals surface area contributed by atoms with Crippen molar-refractivity contribution in [1.82, 2.24) is 10.2 Å². The quantitative estimate of drug-likeness (QED) is 0.867. The molecule has 1 saturated heterocycles. The van der Waals surface area contributed by atoms with Crippen molar-refractivity contribution in [2.75, 3.05) is 20.2 Å². The van der Waals surface area contributed by atoms with Crippen LogP contribution in [0.25, 0.3) is 0 Å². The number of nitrogens with one attached hydrogen (secondary N) is 1. The fraction of sp³-hybridized carbons (Fsp3) is 0.941. The molecular weight excluding hydrogens is 280 g/mol. The third-order valence-electron chi connectivity index (χ3n) is 5.07. The number of nitrogens with zero attached hydrogens (tertiary/aromatic N) is 1. The molecule has 1 saturated carbocycles. The van der Waals surface area contributed by atoms with Gasteiger partial charge < -0.3 is 19.7 Å². The van der Waals surface area contributed by atoms with Gasteiger partial charge in [0.15, 0.2) is 0 Å². The van der Waals surface area contributed by atoms with Gasteiger partial charge in [-0.3, -0.25) is 0 Å². The third-order valence-corrected chi connectivity index (χ3v) is 5.07. The monoisotopic (exact) mass is 312 g/mol. The highest BCUT2D eigenvalue weighted by atomic mass is 16.6. The maximum Gasteiger partial charge on any atom is 0.410 e. The molecule has 0 radical (unpaired) electrons. The Morgan fingerprint density at radius 1 is 1.36 bits per heavy atom. The maximum atomic E-state index is 12.3. The standard InChI is InChI=1S/C17H32N2O3/c1-16(2,3)22-15(20)19-9-7-8-12(19)11-18-13-10-14(21-6)17(13,4)5/h12-14,18H,7-11H2,1-6H3. The molecule has 0 bridgehead atoms. The van der Waals surface area contributed by atoms with Crippen LogP contribution in [0.5, 0.6) is 0 Å². The topological polar surface area (TPSA) is 50.8 Å². The molecule has 5 nitrogen and oxygen atoms in total. The average molecular weight is 312 g/mol. The second kappa shape index (κ2) is 6.36. The van der Waals surface area contributed by atoms with Crippen LogP contribution in [0.15, 0.2) is 0 Å². The van der Waals surface area contributed by atoms with E-state index in [1.165, 1.54) is 0 Å². The normalized spacial score (nSPS) is 31.0. The first-order valence-corrected chi connectivity index (χ1v) is 8.41. The van der Waals surface area contributed by atoms with Gasteiger partial charge in [-0.25, -0.2) is 4.79 Å². The van der Waals surface area contributed by atoms with Crippen LogP contribution in [-0.4, -0.2) is 55.0 Å². The number of likely N-dealkylation sites (tertiary alicyclic amines) is 1. The van der Waals surface area contributed by atoms with Crippen molar-refractivity contribution in [2.24, 2.45) is 5.41 Å². The molecule has 1 aliphatic heterocycles. The van der Waals surface area contributed by atoms with Gasteiger partial charge in [0, 0.05) is 37.7 Å². The van der Waals surface area contributed by atoms with E-state index in [2.05, 4.69) is 19.2 Å². The van der Waals surface area contributed by atoms with E-state index in [1.54, 1.807) is 7.11 Å². The van der Waals surface area contributed by atoms with E-state index in [0.717, 1.165) is 32.4 Å². The highest BCUT2D eigenvalue weighted by Crippen LogP contribution is 2.42. The predicted molar refractivity (Wildman–Crippen MR) is 86.9 cm³/mol. The molecule has 1 amide bonds. The minimum absolute atomic E-state index is 0.157. The molecule has 1 heterocycles. The Morgan fingerprint density at radius 2 is 2.05 bits per heavy atom. The molecule has 128 valence electrons. The fourth-order valence-electron chi connectivity index (χ4n) is 3.52. The van der Waals surface area contributed by atoms with Crippen molar-refractivity contribution in [3.05, 3.63) is 0 Å². The highest BCUT2D eigenvalue weighted by Gasteiger charge is 2.48. The van der Waals surface area contributed by atoms with Crippen LogP contribution in [0.4, 0.5) is 4.79 Å². The molecule has 0 aromatic rings. The van der Waals surface area contributed by atoms with Crippen molar-refractivity contribution < 1.29 is 14.3 Å². The lowest BCUT2D eigenvalue weighted by Crippen LogP contribution is -2.62. The van der Waals surface area contributed by atoms with Gasteiger partial charge in [0.2, 0.25) is 0 Å². The highest BCUT2D eigenvalue weighted by molar-refractivity contribution is 5.69. The second-order valence-electron chi connectivity index (χ2n) is 8.21. The first kappa shape index (κ1) is 17.5. The zero-order valence-electron chi connectivity index (χ0n) is 14.9. The Bertz CT molecular complexity index is 403. The summed E-state index contributed by atoms with van der Waals surface area (Å²) in [6, 6.07) is 0.700. The van der Waals surface area contributed by atoms with Crippen LogP contribution in [0.1, 0.15) is 53.9 Å². The van der Waals surface area contributed by atoms with E-state index in [9.17, 15) is 4.79 Å². The maximum absolute atomic E-state index is 12.3. The molecule has 22 heavy (non-hydrogen) atoms. The number of ether oxygens (including phenoxy) is 2. The van der Waals surface area contributed by atoms with Crippen molar-refractivity contribution in [1.29, 1.82) is 0 Å². The molecular formula is C17H32N2O3. The molecule has 3 atom stereocenters. The summed E-state index contributed by atoms with van der Waals surface area (Å²) in [4.78, 5) is 14.2. The predicted octanol–water partition coefficient (Wildman–Crippen LogP) is 2.79. The van der Waals surface area contributed by atoms with Crippen molar-refractivity contribution in [2.45, 2.75) is 77.7 Å². The van der Waals surface area contributed by atoms with Gasteiger partial charge >= 0.3 is 6.09 Å². The van der Waals surface area contributed by atoms with Crippen LogP contribution in [-0.2, 0) is 9.47 Å². The van der Waals surface area contributed by atoms with E-state index >= 15 is 0 Å². The van der Waals surface area contributed by atoms with Crippen LogP contribution < -0.4 is 5.32 Å². The number of hydrogen-bond acceptors (Lipinski definition) is 4. The molecule has 5 heteroatoms. The number of amides is 1. The zero-order chi connectivity index (χ0) is 16.5. The molecule has 1 aliphatic carbocycles. The molecule has 0 aromatic heterocycles. The third kappa shape index (κ3) is 3.74. The number of carbonyl (C=O) groups is 1. The molecule has 3 unspecified atom stereocenters. The Kier molecular flexibility index (Phi) is 5.07. The average Bonchev–Trinajstić information content (AvgIpc) is 2.84. The first-order chi connectivity index (χ1) is 10.1. The Labute approximate surface area is 134 Å². The van der Waals surface area contributed by atoms with Gasteiger partial charge in [-0.2, -0.15) is 0 Å². The molecule has 0 aromatic carbocycles. The van der Waals surface area contributed by atoms with Gasteiger partial charge in [0.1, 0.15) is 5.60 Å². The van der Waals surface area contributed by atoms with Gasteiger partial charge in [-0.1, -0.05) is 13.8 Å². The second-order valence-corrected chi connectivity index (χ2v) is 8.21. The van der Waals surface area contributed by atoms with Crippen LogP contribution in [0, 0.1) is 5.41 Å². The van der Waals surface area contributed by atoms with Gasteiger partial charge in [0.05, 0.1) is 6.10 Å². The molecule has 0 spiro atoms. The fourth-order valence-corrected chi connectivity index (χ4v) is 3.52. The smallest absolute Gasteiger partial charge is 0.410 e. The summed E-state index contributed by atoms with van der Waals surface area (Å²) < 4.78 is 11.0. The van der Waals surface area contributed by atoms with Gasteiger partial charge in [0.25, 0.3) is 0 Å². The largest absolute Gasteiger partial charge is 0.444 e. The summed E-state index contributed by atoms with van der Waals surface area (Å²) in [6.07, 6.45) is 3.30. The zero-order valence-corrected chi connectivity index (χ0v) is 14.9. The SMILES string of the molecule is COC1CC(NCC2CCCN2C(=O)OC(C)(C)C)C1(C)C. The van der Waals surface area contributed by atoms with Crippen LogP contribution in [0.2, 0.25) is 0 Å². The molecule has 1 N–H and O–H groups in total. The summed E-state index contributed by atoms with van der Waals surface area (Å²) in [5.41, 5.74) is -0.274. The Balaban J connectivity index is 1.84. The summed E-state index contributed by atoms with van der Waals surface area (Å²) in [7, 11) is 1.78. The van der Waals surface area contributed by atoms with E-state index in [0.29, 0.717) is 12.1 Å². The van der Waals surface area contributed by atoms with E-state index < -0.39 is 5.60 Å². The Morgan fingerprint density at radius 3 is 2.59 bits per heavy atom. The first-order valence-electron chi connectivity index (χ1n) is 8.41. The van der Waals surface area contributed by atoms with Crippen molar-refractivity contribution in [3.8, 4) is 0 Å². The minimum Gasteiger partial charge on any atom is -0.444 e. The molecule has 2 rings (SSSR count).